The molecule has 3 N–H and O–H groups in total. The van der Waals surface area contributed by atoms with E-state index >= 15 is 4.39 Å². The number of hydrogen-bond donors (Lipinski definition) is 3. The number of aromatic nitrogens is 4. The predicted molar refractivity (Wildman–Crippen MR) is 128 cm³/mol. The summed E-state index contributed by atoms with van der Waals surface area (Å²) >= 11 is 1.41. The van der Waals surface area contributed by atoms with Crippen LogP contribution in [0.15, 0.2) is 30.6 Å². The summed E-state index contributed by atoms with van der Waals surface area (Å²) in [6.07, 6.45) is 2.69. The third-order valence-electron chi connectivity index (χ3n) is 5.46. The fourth-order valence-electron chi connectivity index (χ4n) is 3.45. The summed E-state index contributed by atoms with van der Waals surface area (Å²) < 4.78 is 29.5. The molecule has 0 unspecified atom stereocenters. The van der Waals surface area contributed by atoms with Gasteiger partial charge in [-0.3, -0.25) is 4.79 Å². The third-order valence-corrected chi connectivity index (χ3v) is 6.54. The molecule has 4 aromatic rings. The summed E-state index contributed by atoms with van der Waals surface area (Å²) in [6.45, 7) is 3.86. The van der Waals surface area contributed by atoms with Crippen LogP contribution in [0.3, 0.4) is 0 Å². The van der Waals surface area contributed by atoms with E-state index in [0.717, 1.165) is 11.1 Å². The number of thiophene rings is 1. The molecule has 0 fully saturated rings. The molecule has 4 heterocycles. The Morgan fingerprint density at radius 2 is 2.03 bits per heavy atom. The minimum atomic E-state index is -1.01. The number of rotatable bonds is 8. The number of fused-ring (bicyclic) bond motifs is 1. The first-order chi connectivity index (χ1) is 16.1. The quantitative estimate of drug-likeness (QED) is 0.334. The molecule has 0 saturated heterocycles. The average Bonchev–Trinajstić information content (AvgIpc) is 3.40. The molecule has 178 valence electrons. The number of aliphatic carboxylic acids is 1. The molecular formula is C23H24F2N6O2S. The van der Waals surface area contributed by atoms with E-state index in [0.29, 0.717) is 28.0 Å². The molecule has 0 aromatic carbocycles. The Hall–Kier alpha value is -3.44. The van der Waals surface area contributed by atoms with Gasteiger partial charge in [0.05, 0.1) is 17.0 Å². The molecule has 34 heavy (non-hydrogen) atoms. The van der Waals surface area contributed by atoms with Crippen LogP contribution in [0.4, 0.5) is 14.6 Å². The summed E-state index contributed by atoms with van der Waals surface area (Å²) in [5.41, 5.74) is 0.976. The number of aromatic amines is 1. The van der Waals surface area contributed by atoms with Crippen molar-refractivity contribution in [2.24, 2.45) is 5.92 Å². The maximum absolute atomic E-state index is 15.6. The van der Waals surface area contributed by atoms with Gasteiger partial charge in [0.2, 0.25) is 0 Å². The van der Waals surface area contributed by atoms with Gasteiger partial charge in [0.1, 0.15) is 17.2 Å². The Bertz CT molecular complexity index is 1350. The second-order valence-electron chi connectivity index (χ2n) is 8.37. The number of halogens is 2. The minimum absolute atomic E-state index is 0.0800. The van der Waals surface area contributed by atoms with Crippen molar-refractivity contribution in [3.63, 3.8) is 0 Å². The van der Waals surface area contributed by atoms with Gasteiger partial charge in [-0.15, -0.1) is 11.3 Å². The molecule has 0 aliphatic heterocycles. The van der Waals surface area contributed by atoms with E-state index in [1.807, 2.05) is 25.1 Å². The lowest BCUT2D eigenvalue weighted by Gasteiger charge is -2.19. The first kappa shape index (κ1) is 23.7. The molecule has 0 aliphatic carbocycles. The van der Waals surface area contributed by atoms with Crippen LogP contribution < -0.4 is 5.32 Å². The fraction of sp³-hybridized carbons (Fsp3) is 0.304. The lowest BCUT2D eigenvalue weighted by molar-refractivity contribution is -0.141. The van der Waals surface area contributed by atoms with E-state index in [1.165, 1.54) is 24.3 Å². The maximum atomic E-state index is 15.6. The van der Waals surface area contributed by atoms with Gasteiger partial charge >= 0.3 is 5.97 Å². The SMILES string of the molecule is C[C@H](Nc1nc(-c2c[nH]c3ncc(F)cc23)nc(-c2ccc(CN(C)C)s2)c1F)[C@H](C)C(=O)O. The molecule has 4 rings (SSSR count). The van der Waals surface area contributed by atoms with Gasteiger partial charge in [0.15, 0.2) is 17.5 Å². The second-order valence-corrected chi connectivity index (χ2v) is 9.54. The van der Waals surface area contributed by atoms with Gasteiger partial charge in [-0.25, -0.2) is 23.7 Å². The monoisotopic (exact) mass is 486 g/mol. The number of hydrogen-bond acceptors (Lipinski definition) is 7. The van der Waals surface area contributed by atoms with Crippen molar-refractivity contribution in [3.8, 4) is 22.0 Å². The van der Waals surface area contributed by atoms with Crippen LogP contribution in [-0.4, -0.2) is 56.0 Å². The molecular weight excluding hydrogens is 462 g/mol. The van der Waals surface area contributed by atoms with E-state index in [4.69, 9.17) is 0 Å². The predicted octanol–water partition coefficient (Wildman–Crippen LogP) is 4.61. The van der Waals surface area contributed by atoms with Crippen molar-refractivity contribution >= 4 is 34.2 Å². The summed E-state index contributed by atoms with van der Waals surface area (Å²) in [6, 6.07) is 4.40. The highest BCUT2D eigenvalue weighted by molar-refractivity contribution is 7.15. The smallest absolute Gasteiger partial charge is 0.308 e. The number of nitrogens with zero attached hydrogens (tertiary/aromatic N) is 4. The highest BCUT2D eigenvalue weighted by atomic mass is 32.1. The van der Waals surface area contributed by atoms with Crippen molar-refractivity contribution in [1.82, 2.24) is 24.8 Å². The molecule has 11 heteroatoms. The van der Waals surface area contributed by atoms with Gasteiger partial charge in [-0.2, -0.15) is 0 Å². The molecule has 4 aromatic heterocycles. The Kier molecular flexibility index (Phi) is 6.58. The normalized spacial score (nSPS) is 13.4. The van der Waals surface area contributed by atoms with Gasteiger partial charge in [0, 0.05) is 34.6 Å². The van der Waals surface area contributed by atoms with Gasteiger partial charge in [0.25, 0.3) is 0 Å². The molecule has 0 saturated carbocycles. The molecule has 0 aliphatic rings. The number of nitrogens with one attached hydrogen (secondary N) is 2. The fourth-order valence-corrected chi connectivity index (χ4v) is 4.56. The molecule has 2 atom stereocenters. The van der Waals surface area contributed by atoms with E-state index in [2.05, 4.69) is 25.3 Å². The number of anilines is 1. The van der Waals surface area contributed by atoms with Gasteiger partial charge in [-0.05, 0) is 46.1 Å². The lowest BCUT2D eigenvalue weighted by atomic mass is 10.0. The van der Waals surface area contributed by atoms with Crippen LogP contribution in [0, 0.1) is 17.6 Å². The largest absolute Gasteiger partial charge is 0.481 e. The van der Waals surface area contributed by atoms with Crippen LogP contribution in [0.2, 0.25) is 0 Å². The highest BCUT2D eigenvalue weighted by Crippen LogP contribution is 2.35. The van der Waals surface area contributed by atoms with E-state index in [1.54, 1.807) is 19.2 Å². The van der Waals surface area contributed by atoms with Crippen molar-refractivity contribution in [1.29, 1.82) is 0 Å². The lowest BCUT2D eigenvalue weighted by Crippen LogP contribution is -2.30. The highest BCUT2D eigenvalue weighted by Gasteiger charge is 2.25. The van der Waals surface area contributed by atoms with Crippen LogP contribution >= 0.6 is 11.3 Å². The zero-order chi connectivity index (χ0) is 24.6. The standard InChI is InChI=1S/C23H24F2N6O2S/c1-11(23(32)33)12(2)28-22-18(25)19(17-6-5-14(34-17)10-31(3)4)29-21(30-22)16-9-27-20-15(16)7-13(24)8-26-20/h5-9,11-12H,10H2,1-4H3,(H,26,27)(H,32,33)(H,28,29,30)/t11-,12-/m0/s1. The molecule has 8 nitrogen and oxygen atoms in total. The second kappa shape index (κ2) is 9.43. The van der Waals surface area contributed by atoms with Gasteiger partial charge in [-0.1, -0.05) is 0 Å². The zero-order valence-corrected chi connectivity index (χ0v) is 19.9. The number of carboxylic acids is 1. The summed E-state index contributed by atoms with van der Waals surface area (Å²) in [7, 11) is 3.89. The van der Waals surface area contributed by atoms with E-state index in [9.17, 15) is 14.3 Å². The number of carbonyl (C=O) groups is 1. The van der Waals surface area contributed by atoms with Crippen LogP contribution in [-0.2, 0) is 11.3 Å². The van der Waals surface area contributed by atoms with E-state index in [-0.39, 0.29) is 17.3 Å². The first-order valence-corrected chi connectivity index (χ1v) is 11.4. The number of pyridine rings is 1. The third kappa shape index (κ3) is 4.75. The Balaban J connectivity index is 1.85. The Morgan fingerprint density at radius 3 is 2.74 bits per heavy atom. The molecule has 0 radical (unpaired) electrons. The molecule has 0 bridgehead atoms. The van der Waals surface area contributed by atoms with Crippen LogP contribution in [0.5, 0.6) is 0 Å². The van der Waals surface area contributed by atoms with Gasteiger partial charge < -0.3 is 20.3 Å². The topological polar surface area (TPSA) is 107 Å². The van der Waals surface area contributed by atoms with E-state index < -0.39 is 29.6 Å². The molecule has 0 spiro atoms. The van der Waals surface area contributed by atoms with Crippen molar-refractivity contribution in [2.75, 3.05) is 19.4 Å². The molecule has 0 amide bonds. The average molecular weight is 487 g/mol. The van der Waals surface area contributed by atoms with Crippen molar-refractivity contribution in [3.05, 3.63) is 47.1 Å². The summed E-state index contributed by atoms with van der Waals surface area (Å²) in [4.78, 5) is 30.9. The maximum Gasteiger partial charge on any atom is 0.308 e. The zero-order valence-electron chi connectivity index (χ0n) is 19.1. The number of carboxylic acid groups (broad SMARTS) is 1. The van der Waals surface area contributed by atoms with Crippen LogP contribution in [0.1, 0.15) is 18.7 Å². The summed E-state index contributed by atoms with van der Waals surface area (Å²) in [5, 5.41) is 12.7. The Labute approximate surface area is 198 Å². The minimum Gasteiger partial charge on any atom is -0.481 e. The van der Waals surface area contributed by atoms with Crippen molar-refractivity contribution < 1.29 is 18.7 Å². The van der Waals surface area contributed by atoms with Crippen LogP contribution in [0.25, 0.3) is 33.0 Å². The summed E-state index contributed by atoms with van der Waals surface area (Å²) in [5.74, 6) is -2.97. The first-order valence-electron chi connectivity index (χ1n) is 10.6. The van der Waals surface area contributed by atoms with Crippen molar-refractivity contribution in [2.45, 2.75) is 26.4 Å². The number of H-pyrrole nitrogens is 1. The Morgan fingerprint density at radius 1 is 1.26 bits per heavy atom.